The normalized spacial score (nSPS) is 11.4. The van der Waals surface area contributed by atoms with Crippen LogP contribution in [0.15, 0.2) is 77.8 Å². The molecule has 9 heteroatoms. The van der Waals surface area contributed by atoms with Crippen molar-refractivity contribution in [2.45, 2.75) is 18.7 Å². The molecule has 0 aliphatic carbocycles. The molecule has 0 saturated heterocycles. The van der Waals surface area contributed by atoms with Crippen LogP contribution in [0.3, 0.4) is 0 Å². The summed E-state index contributed by atoms with van der Waals surface area (Å²) in [4.78, 5) is 25.9. The second kappa shape index (κ2) is 9.56. The van der Waals surface area contributed by atoms with Crippen LogP contribution in [-0.4, -0.2) is 38.5 Å². The average molecular weight is 511 g/mol. The number of sulfonamides is 1. The predicted octanol–water partition coefficient (Wildman–Crippen LogP) is 5.23. The number of nitrogens with zero attached hydrogens (tertiary/aromatic N) is 2. The molecule has 0 radical (unpaired) electrons. The number of ether oxygens (including phenoxy) is 1. The highest BCUT2D eigenvalue weighted by atomic mass is 35.5. The molecular weight excluding hydrogens is 488 g/mol. The van der Waals surface area contributed by atoms with Crippen LogP contribution in [0.2, 0.25) is 5.02 Å². The van der Waals surface area contributed by atoms with Gasteiger partial charge in [-0.15, -0.1) is 0 Å². The predicted molar refractivity (Wildman–Crippen MR) is 136 cm³/mol. The molecule has 7 nitrogen and oxygen atoms in total. The van der Waals surface area contributed by atoms with Gasteiger partial charge in [0, 0.05) is 16.6 Å². The molecule has 3 aromatic carbocycles. The largest absolute Gasteiger partial charge is 0.465 e. The Labute approximate surface area is 208 Å². The first-order valence-corrected chi connectivity index (χ1v) is 12.5. The van der Waals surface area contributed by atoms with E-state index in [1.807, 2.05) is 6.92 Å². The topological polar surface area (TPSA) is 85.7 Å². The van der Waals surface area contributed by atoms with Crippen LogP contribution in [0.25, 0.3) is 10.9 Å². The molecule has 0 saturated carbocycles. The van der Waals surface area contributed by atoms with Crippen LogP contribution in [0.4, 0.5) is 5.69 Å². The van der Waals surface area contributed by atoms with Crippen LogP contribution < -0.4 is 4.31 Å². The summed E-state index contributed by atoms with van der Waals surface area (Å²) in [6.45, 7) is 3.08. The highest BCUT2D eigenvalue weighted by molar-refractivity contribution is 7.92. The summed E-state index contributed by atoms with van der Waals surface area (Å²) >= 11 is 6.10. The number of rotatable bonds is 6. The minimum absolute atomic E-state index is 0.0536. The van der Waals surface area contributed by atoms with Crippen molar-refractivity contribution in [1.29, 1.82) is 0 Å². The molecule has 0 spiro atoms. The van der Waals surface area contributed by atoms with Gasteiger partial charge in [0.25, 0.3) is 15.9 Å². The number of anilines is 1. The van der Waals surface area contributed by atoms with E-state index in [2.05, 4.69) is 0 Å². The van der Waals surface area contributed by atoms with Gasteiger partial charge in [0.15, 0.2) is 0 Å². The molecule has 0 fully saturated rings. The van der Waals surface area contributed by atoms with Gasteiger partial charge in [-0.25, -0.2) is 13.2 Å². The number of aromatic nitrogens is 1. The number of esters is 1. The molecule has 0 atom stereocenters. The molecule has 4 rings (SSSR count). The molecule has 0 aliphatic heterocycles. The number of methoxy groups -OCH3 is 1. The van der Waals surface area contributed by atoms with Crippen molar-refractivity contribution in [3.05, 3.63) is 94.6 Å². The van der Waals surface area contributed by atoms with Gasteiger partial charge in [0.2, 0.25) is 0 Å². The van der Waals surface area contributed by atoms with E-state index >= 15 is 0 Å². The Balaban J connectivity index is 1.83. The molecule has 1 aromatic heterocycles. The Kier molecular flexibility index (Phi) is 6.69. The van der Waals surface area contributed by atoms with Gasteiger partial charge in [0.05, 0.1) is 28.8 Å². The van der Waals surface area contributed by atoms with Crippen LogP contribution in [0.1, 0.15) is 26.3 Å². The van der Waals surface area contributed by atoms with Crippen LogP contribution in [-0.2, 0) is 14.8 Å². The minimum atomic E-state index is -4.11. The first-order valence-electron chi connectivity index (χ1n) is 10.7. The van der Waals surface area contributed by atoms with E-state index in [4.69, 9.17) is 16.3 Å². The van der Waals surface area contributed by atoms with E-state index < -0.39 is 28.4 Å². The summed E-state index contributed by atoms with van der Waals surface area (Å²) in [7, 11) is -2.85. The highest BCUT2D eigenvalue weighted by Gasteiger charge is 2.30. The van der Waals surface area contributed by atoms with E-state index in [0.29, 0.717) is 27.2 Å². The fraction of sp³-hybridized carbons (Fsp3) is 0.154. The summed E-state index contributed by atoms with van der Waals surface area (Å²) in [6, 6.07) is 18.1. The molecule has 4 aromatic rings. The Bertz CT molecular complexity index is 1540. The van der Waals surface area contributed by atoms with Crippen molar-refractivity contribution in [2.24, 2.45) is 0 Å². The Hall–Kier alpha value is -3.62. The van der Waals surface area contributed by atoms with Crippen LogP contribution in [0.5, 0.6) is 0 Å². The van der Waals surface area contributed by atoms with Crippen LogP contribution in [0, 0.1) is 13.8 Å². The summed E-state index contributed by atoms with van der Waals surface area (Å²) < 4.78 is 34.7. The molecule has 0 amide bonds. The number of hydrogen-bond acceptors (Lipinski definition) is 5. The zero-order chi connectivity index (χ0) is 25.3. The Morgan fingerprint density at radius 2 is 1.69 bits per heavy atom. The fourth-order valence-electron chi connectivity index (χ4n) is 3.89. The summed E-state index contributed by atoms with van der Waals surface area (Å²) in [6.07, 6.45) is 1.38. The molecular formula is C26H23ClN2O5S. The van der Waals surface area contributed by atoms with Gasteiger partial charge in [0.1, 0.15) is 6.54 Å². The van der Waals surface area contributed by atoms with Crippen molar-refractivity contribution in [1.82, 2.24) is 4.57 Å². The monoisotopic (exact) mass is 510 g/mol. The zero-order valence-corrected chi connectivity index (χ0v) is 20.9. The maximum Gasteiger partial charge on any atom is 0.340 e. The third-order valence-electron chi connectivity index (χ3n) is 5.70. The number of para-hydroxylation sites is 1. The minimum Gasteiger partial charge on any atom is -0.465 e. The Morgan fingerprint density at radius 3 is 2.34 bits per heavy atom. The summed E-state index contributed by atoms with van der Waals surface area (Å²) in [5, 5.41) is 0.979. The van der Waals surface area contributed by atoms with E-state index in [-0.39, 0.29) is 10.5 Å². The van der Waals surface area contributed by atoms with E-state index in [1.165, 1.54) is 30.0 Å². The van der Waals surface area contributed by atoms with Gasteiger partial charge in [-0.3, -0.25) is 13.7 Å². The lowest BCUT2D eigenvalue weighted by Crippen LogP contribution is -2.38. The van der Waals surface area contributed by atoms with Gasteiger partial charge >= 0.3 is 5.97 Å². The number of hydrogen-bond donors (Lipinski definition) is 0. The fourth-order valence-corrected chi connectivity index (χ4v) is 5.60. The Morgan fingerprint density at radius 1 is 1.00 bits per heavy atom. The van der Waals surface area contributed by atoms with Crippen LogP contribution >= 0.6 is 11.6 Å². The maximum atomic E-state index is 13.7. The second-order valence-corrected chi connectivity index (χ2v) is 10.4. The summed E-state index contributed by atoms with van der Waals surface area (Å²) in [5.74, 6) is -1.13. The molecule has 35 heavy (non-hydrogen) atoms. The molecule has 0 N–H and O–H groups in total. The van der Waals surface area contributed by atoms with Gasteiger partial charge in [-0.05, 0) is 55.8 Å². The molecule has 0 unspecified atom stereocenters. The third-order valence-corrected chi connectivity index (χ3v) is 7.71. The summed E-state index contributed by atoms with van der Waals surface area (Å²) in [5.41, 5.74) is 2.51. The number of fused-ring (bicyclic) bond motifs is 1. The van der Waals surface area contributed by atoms with Crippen molar-refractivity contribution in [3.8, 4) is 0 Å². The lowest BCUT2D eigenvalue weighted by atomic mass is 10.2. The van der Waals surface area contributed by atoms with Gasteiger partial charge < -0.3 is 4.74 Å². The first-order chi connectivity index (χ1) is 16.6. The van der Waals surface area contributed by atoms with E-state index in [0.717, 1.165) is 9.87 Å². The molecule has 0 aliphatic rings. The van der Waals surface area contributed by atoms with Crippen molar-refractivity contribution < 1.29 is 22.7 Å². The second-order valence-electron chi connectivity index (χ2n) is 8.07. The lowest BCUT2D eigenvalue weighted by molar-refractivity contribution is 0.0603. The molecule has 180 valence electrons. The SMILES string of the molecule is COC(=O)c1cn(C(=O)CN(c2ccc(Cl)cc2C)S(=O)(=O)c2ccc(C)cc2)c2ccccc12. The van der Waals surface area contributed by atoms with Gasteiger partial charge in [-0.2, -0.15) is 0 Å². The number of halogens is 1. The van der Waals surface area contributed by atoms with Crippen molar-refractivity contribution in [3.63, 3.8) is 0 Å². The quantitative estimate of drug-likeness (QED) is 0.331. The lowest BCUT2D eigenvalue weighted by Gasteiger charge is -2.26. The average Bonchev–Trinajstić information content (AvgIpc) is 3.22. The highest BCUT2D eigenvalue weighted by Crippen LogP contribution is 2.30. The number of benzene rings is 3. The van der Waals surface area contributed by atoms with Crippen molar-refractivity contribution in [2.75, 3.05) is 18.0 Å². The van der Waals surface area contributed by atoms with E-state index in [1.54, 1.807) is 61.5 Å². The number of aryl methyl sites for hydroxylation is 2. The first kappa shape index (κ1) is 24.5. The third kappa shape index (κ3) is 4.67. The van der Waals surface area contributed by atoms with Gasteiger partial charge in [-0.1, -0.05) is 47.5 Å². The zero-order valence-electron chi connectivity index (χ0n) is 19.4. The van der Waals surface area contributed by atoms with E-state index in [9.17, 15) is 18.0 Å². The number of carbonyl (C=O) groups is 2. The molecule has 0 bridgehead atoms. The number of carbonyl (C=O) groups excluding carboxylic acids is 2. The standard InChI is InChI=1S/C26H23ClN2O5S/c1-17-8-11-20(12-9-17)35(32,33)29(23-13-10-19(27)14-18(23)2)16-25(30)28-15-22(26(31)34-3)21-6-4-5-7-24(21)28/h4-15H,16H2,1-3H3. The maximum absolute atomic E-state index is 13.7. The molecule has 1 heterocycles. The van der Waals surface area contributed by atoms with Crippen molar-refractivity contribution >= 4 is 50.1 Å². The smallest absolute Gasteiger partial charge is 0.340 e.